The number of aryl methyl sites for hydroxylation is 1. The predicted molar refractivity (Wildman–Crippen MR) is 99.3 cm³/mol. The zero-order chi connectivity index (χ0) is 19.0. The van der Waals surface area contributed by atoms with Crippen molar-refractivity contribution in [2.75, 3.05) is 26.2 Å². The number of benzene rings is 1. The van der Waals surface area contributed by atoms with Crippen molar-refractivity contribution in [2.45, 2.75) is 51.9 Å². The summed E-state index contributed by atoms with van der Waals surface area (Å²) in [5.41, 5.74) is 2.59. The Morgan fingerprint density at radius 2 is 2.00 bits per heavy atom. The lowest BCUT2D eigenvalue weighted by Crippen LogP contribution is -2.48. The molecule has 1 aliphatic heterocycles. The van der Waals surface area contributed by atoms with Crippen molar-refractivity contribution < 1.29 is 13.2 Å². The van der Waals surface area contributed by atoms with Crippen molar-refractivity contribution in [1.29, 1.82) is 0 Å². The molecular formula is C19H29F3N4. The number of guanidine groups is 1. The average Bonchev–Trinajstić information content (AvgIpc) is 2.56. The topological polar surface area (TPSA) is 39.7 Å². The molecule has 0 radical (unpaired) electrons. The molecule has 0 unspecified atom stereocenters. The van der Waals surface area contributed by atoms with E-state index < -0.39 is 12.6 Å². The highest BCUT2D eigenvalue weighted by Gasteiger charge is 2.26. The lowest BCUT2D eigenvalue weighted by Gasteiger charge is -2.33. The molecule has 1 aromatic carbocycles. The second kappa shape index (κ2) is 9.80. The fourth-order valence-electron chi connectivity index (χ4n) is 3.11. The zero-order valence-corrected chi connectivity index (χ0v) is 15.6. The summed E-state index contributed by atoms with van der Waals surface area (Å²) >= 11 is 0. The number of hydrogen-bond donors (Lipinski definition) is 2. The molecule has 0 bridgehead atoms. The monoisotopic (exact) mass is 370 g/mol. The maximum atomic E-state index is 12.3. The number of piperidine rings is 1. The van der Waals surface area contributed by atoms with Gasteiger partial charge in [0.15, 0.2) is 5.96 Å². The van der Waals surface area contributed by atoms with Gasteiger partial charge in [0.05, 0.1) is 13.0 Å². The van der Waals surface area contributed by atoms with Gasteiger partial charge in [-0.1, -0.05) is 29.8 Å². The fraction of sp³-hybridized carbons (Fsp3) is 0.632. The number of nitrogens with one attached hydrogen (secondary N) is 2. The van der Waals surface area contributed by atoms with Gasteiger partial charge in [-0.15, -0.1) is 0 Å². The average molecular weight is 370 g/mol. The summed E-state index contributed by atoms with van der Waals surface area (Å²) in [6, 6.07) is 8.78. The molecule has 1 aliphatic rings. The Kier molecular flexibility index (Phi) is 7.75. The summed E-state index contributed by atoms with van der Waals surface area (Å²) in [5.74, 6) is 0.480. The van der Waals surface area contributed by atoms with Gasteiger partial charge in [-0.3, -0.25) is 9.89 Å². The highest BCUT2D eigenvalue weighted by molar-refractivity contribution is 5.80. The van der Waals surface area contributed by atoms with Crippen LogP contribution in [0.25, 0.3) is 0 Å². The van der Waals surface area contributed by atoms with Gasteiger partial charge in [0.2, 0.25) is 0 Å². The fourth-order valence-corrected chi connectivity index (χ4v) is 3.11. The first-order chi connectivity index (χ1) is 12.4. The maximum absolute atomic E-state index is 12.3. The van der Waals surface area contributed by atoms with E-state index in [1.807, 2.05) is 6.92 Å². The summed E-state index contributed by atoms with van der Waals surface area (Å²) in [6.07, 6.45) is -3.15. The molecule has 1 fully saturated rings. The quantitative estimate of drug-likeness (QED) is 0.595. The second-order valence-electron chi connectivity index (χ2n) is 6.81. The smallest absolute Gasteiger partial charge is 0.357 e. The lowest BCUT2D eigenvalue weighted by atomic mass is 10.0. The summed E-state index contributed by atoms with van der Waals surface area (Å²) in [7, 11) is 0. The molecule has 26 heavy (non-hydrogen) atoms. The number of rotatable bonds is 6. The Labute approximate surface area is 153 Å². The van der Waals surface area contributed by atoms with Crippen molar-refractivity contribution in [3.63, 3.8) is 0 Å². The van der Waals surface area contributed by atoms with E-state index in [4.69, 9.17) is 0 Å². The van der Waals surface area contributed by atoms with Gasteiger partial charge in [-0.25, -0.2) is 0 Å². The summed E-state index contributed by atoms with van der Waals surface area (Å²) < 4.78 is 36.8. The molecule has 0 spiro atoms. The van der Waals surface area contributed by atoms with Gasteiger partial charge in [-0.2, -0.15) is 13.2 Å². The molecule has 0 aromatic heterocycles. The molecule has 0 saturated carbocycles. The zero-order valence-electron chi connectivity index (χ0n) is 15.6. The van der Waals surface area contributed by atoms with Crippen LogP contribution in [0.3, 0.4) is 0 Å². The van der Waals surface area contributed by atoms with E-state index in [2.05, 4.69) is 51.7 Å². The molecule has 1 aromatic rings. The van der Waals surface area contributed by atoms with Crippen LogP contribution in [0.2, 0.25) is 0 Å². The van der Waals surface area contributed by atoms with Crippen LogP contribution in [0, 0.1) is 6.92 Å². The van der Waals surface area contributed by atoms with Gasteiger partial charge in [-0.05, 0) is 32.3 Å². The Morgan fingerprint density at radius 1 is 1.27 bits per heavy atom. The number of aliphatic imine (C=N–C) groups is 1. The van der Waals surface area contributed by atoms with Gasteiger partial charge >= 0.3 is 6.18 Å². The van der Waals surface area contributed by atoms with Crippen molar-refractivity contribution in [2.24, 2.45) is 4.99 Å². The summed E-state index contributed by atoms with van der Waals surface area (Å²) in [6.45, 7) is 7.26. The predicted octanol–water partition coefficient (Wildman–Crippen LogP) is 3.47. The third kappa shape index (κ3) is 7.64. The van der Waals surface area contributed by atoms with Crippen LogP contribution in [-0.2, 0) is 6.54 Å². The van der Waals surface area contributed by atoms with Crippen LogP contribution in [-0.4, -0.2) is 49.3 Å². The first kappa shape index (κ1) is 20.6. The molecule has 146 valence electrons. The first-order valence-electron chi connectivity index (χ1n) is 9.25. The molecule has 4 nitrogen and oxygen atoms in total. The van der Waals surface area contributed by atoms with Gasteiger partial charge in [0.1, 0.15) is 0 Å². The maximum Gasteiger partial charge on any atom is 0.390 e. The molecule has 1 saturated heterocycles. The minimum Gasteiger partial charge on any atom is -0.357 e. The molecule has 2 N–H and O–H groups in total. The summed E-state index contributed by atoms with van der Waals surface area (Å²) in [5, 5.41) is 6.31. The van der Waals surface area contributed by atoms with E-state index >= 15 is 0 Å². The van der Waals surface area contributed by atoms with Crippen LogP contribution >= 0.6 is 0 Å². The Hall–Kier alpha value is -1.76. The van der Waals surface area contributed by atoms with E-state index in [1.165, 1.54) is 11.1 Å². The van der Waals surface area contributed by atoms with E-state index in [0.29, 0.717) is 12.5 Å². The third-order valence-corrected chi connectivity index (χ3v) is 4.43. The van der Waals surface area contributed by atoms with E-state index in [1.54, 1.807) is 0 Å². The van der Waals surface area contributed by atoms with Gasteiger partial charge in [0.25, 0.3) is 0 Å². The van der Waals surface area contributed by atoms with Crippen LogP contribution in [0.1, 0.15) is 37.3 Å². The second-order valence-corrected chi connectivity index (χ2v) is 6.81. The van der Waals surface area contributed by atoms with Crippen LogP contribution in [0.5, 0.6) is 0 Å². The number of alkyl halides is 3. The SMILES string of the molecule is CCNC(=NCCC(F)(F)F)NC1CCN(Cc2cccc(C)c2)CC1. The normalized spacial score (nSPS) is 17.3. The van der Waals surface area contributed by atoms with Crippen LogP contribution < -0.4 is 10.6 Å². The minimum atomic E-state index is -4.16. The van der Waals surface area contributed by atoms with E-state index in [9.17, 15) is 13.2 Å². The van der Waals surface area contributed by atoms with E-state index in [-0.39, 0.29) is 12.6 Å². The minimum absolute atomic E-state index is 0.243. The molecule has 2 rings (SSSR count). The summed E-state index contributed by atoms with van der Waals surface area (Å²) in [4.78, 5) is 6.47. The first-order valence-corrected chi connectivity index (χ1v) is 9.25. The van der Waals surface area contributed by atoms with Crippen molar-refractivity contribution in [1.82, 2.24) is 15.5 Å². The standard InChI is InChI=1S/C19H29F3N4/c1-3-23-18(24-10-9-19(20,21)22)25-17-7-11-26(12-8-17)14-16-6-4-5-15(2)13-16/h4-6,13,17H,3,7-12,14H2,1-2H3,(H2,23,24,25). The van der Waals surface area contributed by atoms with Crippen molar-refractivity contribution in [3.05, 3.63) is 35.4 Å². The molecule has 7 heteroatoms. The highest BCUT2D eigenvalue weighted by atomic mass is 19.4. The molecule has 0 aliphatic carbocycles. The number of nitrogens with zero attached hydrogens (tertiary/aromatic N) is 2. The number of hydrogen-bond acceptors (Lipinski definition) is 2. The van der Waals surface area contributed by atoms with Crippen LogP contribution in [0.4, 0.5) is 13.2 Å². The van der Waals surface area contributed by atoms with Crippen molar-refractivity contribution >= 4 is 5.96 Å². The van der Waals surface area contributed by atoms with Gasteiger partial charge in [0, 0.05) is 32.2 Å². The lowest BCUT2D eigenvalue weighted by molar-refractivity contribution is -0.132. The van der Waals surface area contributed by atoms with Crippen molar-refractivity contribution in [3.8, 4) is 0 Å². The van der Waals surface area contributed by atoms with E-state index in [0.717, 1.165) is 32.5 Å². The Balaban J connectivity index is 1.79. The molecule has 1 heterocycles. The number of halogens is 3. The highest BCUT2D eigenvalue weighted by Crippen LogP contribution is 2.19. The van der Waals surface area contributed by atoms with Crippen LogP contribution in [0.15, 0.2) is 29.3 Å². The Bertz CT molecular complexity index is 578. The van der Waals surface area contributed by atoms with Gasteiger partial charge < -0.3 is 10.6 Å². The largest absolute Gasteiger partial charge is 0.390 e. The molecule has 0 amide bonds. The Morgan fingerprint density at radius 3 is 2.62 bits per heavy atom. The number of likely N-dealkylation sites (tertiary alicyclic amines) is 1. The molecular weight excluding hydrogens is 341 g/mol. The third-order valence-electron chi connectivity index (χ3n) is 4.43. The molecule has 0 atom stereocenters.